The second-order valence-corrected chi connectivity index (χ2v) is 8.02. The molecule has 0 atom stereocenters. The molecule has 0 aliphatic rings. The van der Waals surface area contributed by atoms with E-state index in [0.29, 0.717) is 17.2 Å². The Hall–Kier alpha value is -1.25. The maximum atomic E-state index is 12.1. The summed E-state index contributed by atoms with van der Waals surface area (Å²) in [5.41, 5.74) is 1.75. The van der Waals surface area contributed by atoms with Crippen LogP contribution in [0, 0.1) is 6.92 Å². The lowest BCUT2D eigenvalue weighted by Crippen LogP contribution is -2.14. The van der Waals surface area contributed by atoms with Gasteiger partial charge in [-0.05, 0) is 30.4 Å². The van der Waals surface area contributed by atoms with Crippen molar-refractivity contribution < 1.29 is 9.53 Å². The molecule has 8 heteroatoms. The van der Waals surface area contributed by atoms with Gasteiger partial charge in [0.1, 0.15) is 5.75 Å². The Balaban J connectivity index is 1.91. The van der Waals surface area contributed by atoms with E-state index in [1.807, 2.05) is 25.1 Å². The van der Waals surface area contributed by atoms with Crippen molar-refractivity contribution in [2.75, 3.05) is 23.9 Å². The van der Waals surface area contributed by atoms with Crippen LogP contribution in [0.25, 0.3) is 0 Å². The summed E-state index contributed by atoms with van der Waals surface area (Å²) in [4.78, 5) is 12.1. The molecule has 5 nitrogen and oxygen atoms in total. The molecule has 0 fully saturated rings. The number of aryl methyl sites for hydroxylation is 1. The second kappa shape index (κ2) is 8.40. The summed E-state index contributed by atoms with van der Waals surface area (Å²) in [6.07, 6.45) is 0. The molecule has 0 unspecified atom stereocenters. The summed E-state index contributed by atoms with van der Waals surface area (Å²) in [7, 11) is 1.59. The zero-order valence-corrected chi connectivity index (χ0v) is 15.0. The van der Waals surface area contributed by atoms with E-state index in [-0.39, 0.29) is 5.91 Å². The number of hydrogen-bond donors (Lipinski definition) is 1. The molecular weight excluding hydrogens is 338 g/mol. The van der Waals surface area contributed by atoms with Gasteiger partial charge in [-0.1, -0.05) is 47.9 Å². The number of rotatable bonds is 7. The molecular formula is C14H17N3O2S3. The van der Waals surface area contributed by atoms with Gasteiger partial charge in [0.25, 0.3) is 0 Å². The zero-order valence-electron chi connectivity index (χ0n) is 12.6. The SMILES string of the molecule is CCSc1nnc(SCC(=O)Nc2cc(C)ccc2OC)s1. The third-order valence-corrected chi connectivity index (χ3v) is 5.68. The minimum Gasteiger partial charge on any atom is -0.495 e. The van der Waals surface area contributed by atoms with Crippen LogP contribution in [0.5, 0.6) is 5.75 Å². The lowest BCUT2D eigenvalue weighted by molar-refractivity contribution is -0.113. The summed E-state index contributed by atoms with van der Waals surface area (Å²) in [6, 6.07) is 5.68. The van der Waals surface area contributed by atoms with Crippen molar-refractivity contribution >= 4 is 46.5 Å². The normalized spacial score (nSPS) is 10.5. The first-order valence-corrected chi connectivity index (χ1v) is 9.44. The van der Waals surface area contributed by atoms with Crippen LogP contribution in [0.1, 0.15) is 12.5 Å². The van der Waals surface area contributed by atoms with E-state index in [4.69, 9.17) is 4.74 Å². The van der Waals surface area contributed by atoms with Crippen LogP contribution in [0.15, 0.2) is 26.9 Å². The minimum absolute atomic E-state index is 0.0891. The van der Waals surface area contributed by atoms with E-state index >= 15 is 0 Å². The predicted octanol–water partition coefficient (Wildman–Crippen LogP) is 3.70. The average molecular weight is 356 g/mol. The molecule has 0 aliphatic heterocycles. The number of carbonyl (C=O) groups excluding carboxylic acids is 1. The number of carbonyl (C=O) groups is 1. The first-order chi connectivity index (χ1) is 10.6. The molecule has 0 radical (unpaired) electrons. The van der Waals surface area contributed by atoms with Crippen molar-refractivity contribution in [1.82, 2.24) is 10.2 Å². The van der Waals surface area contributed by atoms with E-state index in [1.165, 1.54) is 23.1 Å². The number of hydrogen-bond acceptors (Lipinski definition) is 7. The van der Waals surface area contributed by atoms with Crippen molar-refractivity contribution in [3.63, 3.8) is 0 Å². The Labute approximate surface area is 142 Å². The molecule has 1 aromatic heterocycles. The van der Waals surface area contributed by atoms with E-state index in [0.717, 1.165) is 20.0 Å². The van der Waals surface area contributed by atoms with E-state index < -0.39 is 0 Å². The first kappa shape index (κ1) is 17.1. The molecule has 2 rings (SSSR count). The largest absolute Gasteiger partial charge is 0.495 e. The third-order valence-electron chi connectivity index (χ3n) is 2.61. The molecule has 0 spiro atoms. The molecule has 0 saturated heterocycles. The number of ether oxygens (including phenoxy) is 1. The smallest absolute Gasteiger partial charge is 0.234 e. The van der Waals surface area contributed by atoms with Crippen LogP contribution in [0.4, 0.5) is 5.69 Å². The van der Waals surface area contributed by atoms with Gasteiger partial charge in [-0.2, -0.15) is 0 Å². The molecule has 1 aromatic carbocycles. The first-order valence-electron chi connectivity index (χ1n) is 6.66. The van der Waals surface area contributed by atoms with Gasteiger partial charge in [0, 0.05) is 0 Å². The highest BCUT2D eigenvalue weighted by Crippen LogP contribution is 2.29. The Morgan fingerprint density at radius 1 is 1.32 bits per heavy atom. The molecule has 0 aliphatic carbocycles. The van der Waals surface area contributed by atoms with Crippen molar-refractivity contribution in [3.05, 3.63) is 23.8 Å². The van der Waals surface area contributed by atoms with Gasteiger partial charge in [0.05, 0.1) is 18.6 Å². The highest BCUT2D eigenvalue weighted by atomic mass is 32.2. The minimum atomic E-state index is -0.0891. The Bertz CT molecular complexity index is 646. The lowest BCUT2D eigenvalue weighted by Gasteiger charge is -2.10. The van der Waals surface area contributed by atoms with Gasteiger partial charge < -0.3 is 10.1 Å². The Kier molecular flexibility index (Phi) is 6.53. The van der Waals surface area contributed by atoms with Gasteiger partial charge in [-0.3, -0.25) is 4.79 Å². The molecule has 2 aromatic rings. The van der Waals surface area contributed by atoms with E-state index in [9.17, 15) is 4.79 Å². The van der Waals surface area contributed by atoms with Gasteiger partial charge >= 0.3 is 0 Å². The lowest BCUT2D eigenvalue weighted by atomic mass is 10.2. The molecule has 0 saturated carbocycles. The van der Waals surface area contributed by atoms with Gasteiger partial charge in [-0.15, -0.1) is 10.2 Å². The Morgan fingerprint density at radius 3 is 2.73 bits per heavy atom. The molecule has 1 heterocycles. The van der Waals surface area contributed by atoms with Gasteiger partial charge in [0.15, 0.2) is 8.68 Å². The fourth-order valence-electron chi connectivity index (χ4n) is 1.67. The maximum absolute atomic E-state index is 12.1. The number of anilines is 1. The number of methoxy groups -OCH3 is 1. The van der Waals surface area contributed by atoms with E-state index in [2.05, 4.69) is 22.4 Å². The number of amides is 1. The van der Waals surface area contributed by atoms with Crippen LogP contribution in [0.3, 0.4) is 0 Å². The zero-order chi connectivity index (χ0) is 15.9. The number of benzene rings is 1. The standard InChI is InChI=1S/C14H17N3O2S3/c1-4-20-13-16-17-14(22-13)21-8-12(18)15-10-7-9(2)5-6-11(10)19-3/h5-7H,4,8H2,1-3H3,(H,15,18). The highest BCUT2D eigenvalue weighted by molar-refractivity contribution is 8.03. The van der Waals surface area contributed by atoms with E-state index in [1.54, 1.807) is 18.9 Å². The van der Waals surface area contributed by atoms with Crippen LogP contribution < -0.4 is 10.1 Å². The average Bonchev–Trinajstić information content (AvgIpc) is 2.94. The van der Waals surface area contributed by atoms with Crippen LogP contribution in [-0.4, -0.2) is 34.7 Å². The predicted molar refractivity (Wildman–Crippen MR) is 93.4 cm³/mol. The summed E-state index contributed by atoms with van der Waals surface area (Å²) in [5.74, 6) is 1.82. The van der Waals surface area contributed by atoms with Crippen LogP contribution >= 0.6 is 34.9 Å². The summed E-state index contributed by atoms with van der Waals surface area (Å²) in [6.45, 7) is 4.04. The maximum Gasteiger partial charge on any atom is 0.234 e. The molecule has 0 bridgehead atoms. The van der Waals surface area contributed by atoms with Gasteiger partial charge in [-0.25, -0.2) is 0 Å². The number of nitrogens with zero attached hydrogens (tertiary/aromatic N) is 2. The molecule has 1 amide bonds. The third kappa shape index (κ3) is 4.89. The molecule has 1 N–H and O–H groups in total. The van der Waals surface area contributed by atoms with Crippen molar-refractivity contribution in [2.45, 2.75) is 22.5 Å². The Morgan fingerprint density at radius 2 is 2.05 bits per heavy atom. The monoisotopic (exact) mass is 355 g/mol. The number of thioether (sulfide) groups is 2. The fraction of sp³-hybridized carbons (Fsp3) is 0.357. The van der Waals surface area contributed by atoms with Crippen molar-refractivity contribution in [1.29, 1.82) is 0 Å². The number of nitrogens with one attached hydrogen (secondary N) is 1. The second-order valence-electron chi connectivity index (χ2n) is 4.31. The quantitative estimate of drug-likeness (QED) is 0.764. The summed E-state index contributed by atoms with van der Waals surface area (Å²) >= 11 is 4.56. The van der Waals surface area contributed by atoms with Crippen molar-refractivity contribution in [3.8, 4) is 5.75 Å². The van der Waals surface area contributed by atoms with Crippen molar-refractivity contribution in [2.24, 2.45) is 0 Å². The molecule has 22 heavy (non-hydrogen) atoms. The fourth-order valence-corrected chi connectivity index (χ4v) is 4.39. The van der Waals surface area contributed by atoms with Crippen LogP contribution in [-0.2, 0) is 4.79 Å². The van der Waals surface area contributed by atoms with Gasteiger partial charge in [0.2, 0.25) is 5.91 Å². The summed E-state index contributed by atoms with van der Waals surface area (Å²) in [5, 5.41) is 11.0. The van der Waals surface area contributed by atoms with Crippen LogP contribution in [0.2, 0.25) is 0 Å². The summed E-state index contributed by atoms with van der Waals surface area (Å²) < 4.78 is 6.99. The molecule has 118 valence electrons. The highest BCUT2D eigenvalue weighted by Gasteiger charge is 2.11. The number of aromatic nitrogens is 2. The topological polar surface area (TPSA) is 64.1 Å².